The predicted octanol–water partition coefficient (Wildman–Crippen LogP) is 5.02. The van der Waals surface area contributed by atoms with Gasteiger partial charge in [-0.1, -0.05) is 43.3 Å². The van der Waals surface area contributed by atoms with Gasteiger partial charge in [-0.2, -0.15) is 0 Å². The Morgan fingerprint density at radius 2 is 1.67 bits per heavy atom. The molecule has 0 bridgehead atoms. The molecule has 0 saturated heterocycles. The Kier molecular flexibility index (Phi) is 4.03. The zero-order valence-electron chi connectivity index (χ0n) is 10.6. The maximum Gasteiger partial charge on any atom is 0.126 e. The molecule has 18 heavy (non-hydrogen) atoms. The SMILES string of the molecule is CCc1ccc(C(Cl)c2ccc(C)c(F)c2)cc1. The van der Waals surface area contributed by atoms with Gasteiger partial charge in [0, 0.05) is 0 Å². The molecule has 2 heteroatoms. The molecule has 0 N–H and O–H groups in total. The number of aryl methyl sites for hydroxylation is 2. The van der Waals surface area contributed by atoms with E-state index in [2.05, 4.69) is 19.1 Å². The molecule has 2 rings (SSSR count). The van der Waals surface area contributed by atoms with Gasteiger partial charge in [0.15, 0.2) is 0 Å². The van der Waals surface area contributed by atoms with Gasteiger partial charge in [-0.15, -0.1) is 11.6 Å². The lowest BCUT2D eigenvalue weighted by atomic mass is 10.0. The Labute approximate surface area is 112 Å². The third kappa shape index (κ3) is 2.73. The first-order valence-electron chi connectivity index (χ1n) is 6.10. The minimum Gasteiger partial charge on any atom is -0.207 e. The number of halogens is 2. The smallest absolute Gasteiger partial charge is 0.126 e. The van der Waals surface area contributed by atoms with E-state index in [0.717, 1.165) is 17.5 Å². The van der Waals surface area contributed by atoms with Gasteiger partial charge in [-0.3, -0.25) is 0 Å². The van der Waals surface area contributed by atoms with E-state index >= 15 is 0 Å². The molecule has 2 aromatic carbocycles. The average Bonchev–Trinajstić information content (AvgIpc) is 2.41. The van der Waals surface area contributed by atoms with Crippen molar-refractivity contribution in [1.29, 1.82) is 0 Å². The number of alkyl halides is 1. The maximum atomic E-state index is 13.5. The second-order valence-corrected chi connectivity index (χ2v) is 4.90. The molecular formula is C16H16ClF. The summed E-state index contributed by atoms with van der Waals surface area (Å²) in [5.41, 5.74) is 3.71. The molecule has 1 atom stereocenters. The molecule has 0 nitrogen and oxygen atoms in total. The van der Waals surface area contributed by atoms with E-state index in [-0.39, 0.29) is 11.2 Å². The average molecular weight is 263 g/mol. The Morgan fingerprint density at radius 3 is 2.22 bits per heavy atom. The first-order chi connectivity index (χ1) is 8.61. The van der Waals surface area contributed by atoms with Gasteiger partial charge in [0.1, 0.15) is 5.82 Å². The lowest BCUT2D eigenvalue weighted by Gasteiger charge is -2.11. The molecule has 0 saturated carbocycles. The Balaban J connectivity index is 2.28. The Hall–Kier alpha value is -1.34. The maximum absolute atomic E-state index is 13.5. The number of hydrogen-bond acceptors (Lipinski definition) is 0. The highest BCUT2D eigenvalue weighted by molar-refractivity contribution is 6.22. The van der Waals surface area contributed by atoms with Crippen molar-refractivity contribution < 1.29 is 4.39 Å². The van der Waals surface area contributed by atoms with Crippen LogP contribution in [0.2, 0.25) is 0 Å². The van der Waals surface area contributed by atoms with Crippen LogP contribution in [0.4, 0.5) is 4.39 Å². The largest absolute Gasteiger partial charge is 0.207 e. The zero-order valence-corrected chi connectivity index (χ0v) is 11.3. The molecular weight excluding hydrogens is 247 g/mol. The van der Waals surface area contributed by atoms with Crippen LogP contribution in [0.15, 0.2) is 42.5 Å². The van der Waals surface area contributed by atoms with Gasteiger partial charge >= 0.3 is 0 Å². The van der Waals surface area contributed by atoms with Gasteiger partial charge < -0.3 is 0 Å². The fourth-order valence-corrected chi connectivity index (χ4v) is 2.16. The molecule has 0 aromatic heterocycles. The van der Waals surface area contributed by atoms with Crippen LogP contribution in [-0.2, 0) is 6.42 Å². The number of rotatable bonds is 3. The van der Waals surface area contributed by atoms with E-state index in [1.54, 1.807) is 13.0 Å². The topological polar surface area (TPSA) is 0 Å². The fraction of sp³-hybridized carbons (Fsp3) is 0.250. The van der Waals surface area contributed by atoms with E-state index in [4.69, 9.17) is 11.6 Å². The van der Waals surface area contributed by atoms with Crippen LogP contribution in [0, 0.1) is 12.7 Å². The van der Waals surface area contributed by atoms with Crippen LogP contribution in [-0.4, -0.2) is 0 Å². The van der Waals surface area contributed by atoms with Crippen LogP contribution in [0.1, 0.15) is 34.6 Å². The molecule has 94 valence electrons. The van der Waals surface area contributed by atoms with Gasteiger partial charge in [0.25, 0.3) is 0 Å². The van der Waals surface area contributed by atoms with Crippen molar-refractivity contribution in [2.24, 2.45) is 0 Å². The third-order valence-electron chi connectivity index (χ3n) is 3.17. The zero-order chi connectivity index (χ0) is 13.1. The molecule has 0 aliphatic heterocycles. The minimum absolute atomic E-state index is 0.205. The monoisotopic (exact) mass is 262 g/mol. The van der Waals surface area contributed by atoms with E-state index in [1.807, 2.05) is 18.2 Å². The van der Waals surface area contributed by atoms with Crippen LogP contribution in [0.3, 0.4) is 0 Å². The summed E-state index contributed by atoms with van der Waals surface area (Å²) in [6, 6.07) is 13.3. The first-order valence-corrected chi connectivity index (χ1v) is 6.54. The second-order valence-electron chi connectivity index (χ2n) is 4.47. The summed E-state index contributed by atoms with van der Waals surface area (Å²) in [6.45, 7) is 3.86. The Morgan fingerprint density at radius 1 is 1.06 bits per heavy atom. The highest BCUT2D eigenvalue weighted by Gasteiger charge is 2.12. The van der Waals surface area contributed by atoms with Crippen molar-refractivity contribution in [3.05, 3.63) is 70.5 Å². The molecule has 1 unspecified atom stereocenters. The van der Waals surface area contributed by atoms with Crippen molar-refractivity contribution >= 4 is 11.6 Å². The van der Waals surface area contributed by atoms with E-state index in [9.17, 15) is 4.39 Å². The van der Waals surface area contributed by atoms with Crippen LogP contribution in [0.5, 0.6) is 0 Å². The van der Waals surface area contributed by atoms with E-state index in [1.165, 1.54) is 11.6 Å². The summed E-state index contributed by atoms with van der Waals surface area (Å²) in [5.74, 6) is -0.205. The van der Waals surface area contributed by atoms with Crippen molar-refractivity contribution in [1.82, 2.24) is 0 Å². The van der Waals surface area contributed by atoms with Crippen LogP contribution < -0.4 is 0 Å². The summed E-state index contributed by atoms with van der Waals surface area (Å²) < 4.78 is 13.5. The summed E-state index contributed by atoms with van der Waals surface area (Å²) in [5, 5.41) is -0.300. The standard InChI is InChI=1S/C16H16ClF/c1-3-12-5-8-13(9-6-12)16(17)14-7-4-11(2)15(18)10-14/h4-10,16H,3H2,1-2H3. The lowest BCUT2D eigenvalue weighted by molar-refractivity contribution is 0.616. The normalized spacial score (nSPS) is 12.4. The van der Waals surface area contributed by atoms with Gasteiger partial charge in [0.05, 0.1) is 5.38 Å². The molecule has 0 fully saturated rings. The Bertz CT molecular complexity index is 531. The van der Waals surface area contributed by atoms with Crippen molar-refractivity contribution in [3.63, 3.8) is 0 Å². The molecule has 0 aliphatic carbocycles. The summed E-state index contributed by atoms with van der Waals surface area (Å²) in [6.07, 6.45) is 1.01. The van der Waals surface area contributed by atoms with Crippen molar-refractivity contribution in [2.75, 3.05) is 0 Å². The number of benzene rings is 2. The van der Waals surface area contributed by atoms with Crippen molar-refractivity contribution in [2.45, 2.75) is 25.6 Å². The highest BCUT2D eigenvalue weighted by Crippen LogP contribution is 2.29. The lowest BCUT2D eigenvalue weighted by Crippen LogP contribution is -1.95. The summed E-state index contributed by atoms with van der Waals surface area (Å²) in [7, 11) is 0. The third-order valence-corrected chi connectivity index (χ3v) is 3.67. The molecule has 0 heterocycles. The van der Waals surface area contributed by atoms with Gasteiger partial charge in [-0.05, 0) is 41.7 Å². The quantitative estimate of drug-likeness (QED) is 0.681. The molecule has 2 aromatic rings. The summed E-state index contributed by atoms with van der Waals surface area (Å²) >= 11 is 6.38. The minimum atomic E-state index is -0.300. The fourth-order valence-electron chi connectivity index (χ4n) is 1.88. The number of hydrogen-bond donors (Lipinski definition) is 0. The van der Waals surface area contributed by atoms with Gasteiger partial charge in [-0.25, -0.2) is 4.39 Å². The predicted molar refractivity (Wildman–Crippen MR) is 74.7 cm³/mol. The molecule has 0 aliphatic rings. The molecule has 0 spiro atoms. The van der Waals surface area contributed by atoms with Gasteiger partial charge in [0.2, 0.25) is 0 Å². The molecule has 0 amide bonds. The van der Waals surface area contributed by atoms with E-state index < -0.39 is 0 Å². The molecule has 0 radical (unpaired) electrons. The van der Waals surface area contributed by atoms with E-state index in [0.29, 0.717) is 5.56 Å². The van der Waals surface area contributed by atoms with Crippen LogP contribution in [0.25, 0.3) is 0 Å². The second kappa shape index (κ2) is 5.53. The summed E-state index contributed by atoms with van der Waals surface area (Å²) in [4.78, 5) is 0. The first kappa shape index (κ1) is 13.1. The van der Waals surface area contributed by atoms with Crippen LogP contribution >= 0.6 is 11.6 Å². The highest BCUT2D eigenvalue weighted by atomic mass is 35.5. The van der Waals surface area contributed by atoms with Crippen molar-refractivity contribution in [3.8, 4) is 0 Å².